The van der Waals surface area contributed by atoms with E-state index in [1.54, 1.807) is 12.3 Å². The lowest BCUT2D eigenvalue weighted by molar-refractivity contribution is 1.18. The molecule has 1 aromatic heterocycles. The quantitative estimate of drug-likeness (QED) is 0.837. The lowest BCUT2D eigenvalue weighted by Crippen LogP contribution is -2.14. The summed E-state index contributed by atoms with van der Waals surface area (Å²) in [4.78, 5) is 8.44. The molecule has 0 aliphatic rings. The van der Waals surface area contributed by atoms with Gasteiger partial charge < -0.3 is 11.1 Å². The van der Waals surface area contributed by atoms with E-state index in [0.717, 1.165) is 10.2 Å². The Labute approximate surface area is 123 Å². The fraction of sp³-hybridized carbons (Fsp3) is 0. The molecule has 18 heavy (non-hydrogen) atoms. The summed E-state index contributed by atoms with van der Waals surface area (Å²) in [6, 6.07) is 5.43. The predicted molar refractivity (Wildman–Crippen MR) is 80.4 cm³/mol. The second-order valence-electron chi connectivity index (χ2n) is 3.37. The smallest absolute Gasteiger partial charge is 0.159 e. The first-order valence-electron chi connectivity index (χ1n) is 4.91. The van der Waals surface area contributed by atoms with Gasteiger partial charge in [-0.25, -0.2) is 9.97 Å². The van der Waals surface area contributed by atoms with E-state index in [1.807, 2.05) is 12.1 Å². The van der Waals surface area contributed by atoms with E-state index < -0.39 is 0 Å². The van der Waals surface area contributed by atoms with Crippen LogP contribution < -0.4 is 11.1 Å². The number of halogens is 2. The van der Waals surface area contributed by atoms with Gasteiger partial charge in [-0.15, -0.1) is 0 Å². The highest BCUT2D eigenvalue weighted by molar-refractivity contribution is 9.10. The van der Waals surface area contributed by atoms with Gasteiger partial charge in [-0.2, -0.15) is 0 Å². The van der Waals surface area contributed by atoms with Crippen molar-refractivity contribution in [2.45, 2.75) is 0 Å². The molecular weight excluding hydrogens is 336 g/mol. The van der Waals surface area contributed by atoms with E-state index in [2.05, 4.69) is 31.2 Å². The van der Waals surface area contributed by atoms with Crippen LogP contribution in [0.15, 0.2) is 35.1 Å². The van der Waals surface area contributed by atoms with E-state index >= 15 is 0 Å². The molecule has 92 valence electrons. The molecular formula is C11H8BrClN4S. The van der Waals surface area contributed by atoms with Crippen molar-refractivity contribution in [2.75, 3.05) is 5.32 Å². The number of anilines is 2. The summed E-state index contributed by atoms with van der Waals surface area (Å²) < 4.78 is 0.787. The van der Waals surface area contributed by atoms with E-state index in [-0.39, 0.29) is 4.99 Å². The number of thiocarbonyl (C=S) groups is 1. The van der Waals surface area contributed by atoms with Gasteiger partial charge in [0.1, 0.15) is 10.7 Å². The first-order valence-corrected chi connectivity index (χ1v) is 6.48. The van der Waals surface area contributed by atoms with Crippen molar-refractivity contribution in [2.24, 2.45) is 5.73 Å². The van der Waals surface area contributed by atoms with Crippen LogP contribution in [0, 0.1) is 0 Å². The van der Waals surface area contributed by atoms with Crippen LogP contribution in [0.1, 0.15) is 5.69 Å². The molecule has 0 saturated carbocycles. The van der Waals surface area contributed by atoms with Crippen LogP contribution in [0.25, 0.3) is 0 Å². The fourth-order valence-electron chi connectivity index (χ4n) is 1.32. The molecule has 0 aliphatic heterocycles. The van der Waals surface area contributed by atoms with Crippen molar-refractivity contribution < 1.29 is 0 Å². The molecule has 0 unspecified atom stereocenters. The third-order valence-electron chi connectivity index (χ3n) is 2.11. The summed E-state index contributed by atoms with van der Waals surface area (Å²) in [5.41, 5.74) is 6.85. The molecule has 0 atom stereocenters. The Morgan fingerprint density at radius 1 is 1.33 bits per heavy atom. The molecule has 0 radical (unpaired) electrons. The van der Waals surface area contributed by atoms with E-state index in [0.29, 0.717) is 16.5 Å². The van der Waals surface area contributed by atoms with Crippen molar-refractivity contribution in [3.05, 3.63) is 45.8 Å². The van der Waals surface area contributed by atoms with Gasteiger partial charge in [0.05, 0.1) is 5.02 Å². The number of benzene rings is 1. The molecule has 0 fully saturated rings. The zero-order valence-corrected chi connectivity index (χ0v) is 12.2. The number of nitrogens with one attached hydrogen (secondary N) is 1. The van der Waals surface area contributed by atoms with Crippen LogP contribution in [0.4, 0.5) is 11.5 Å². The highest BCUT2D eigenvalue weighted by Crippen LogP contribution is 2.27. The molecule has 2 aromatic rings. The van der Waals surface area contributed by atoms with Crippen LogP contribution in [0.3, 0.4) is 0 Å². The van der Waals surface area contributed by atoms with E-state index in [9.17, 15) is 0 Å². The minimum Gasteiger partial charge on any atom is -0.388 e. The van der Waals surface area contributed by atoms with Gasteiger partial charge in [0, 0.05) is 22.6 Å². The second-order valence-corrected chi connectivity index (χ2v) is 5.07. The van der Waals surface area contributed by atoms with Gasteiger partial charge in [0.25, 0.3) is 0 Å². The Morgan fingerprint density at radius 2 is 2.06 bits per heavy atom. The third kappa shape index (κ3) is 2.95. The second kappa shape index (κ2) is 5.60. The van der Waals surface area contributed by atoms with Gasteiger partial charge >= 0.3 is 0 Å². The summed E-state index contributed by atoms with van der Waals surface area (Å²) in [6.07, 6.45) is 3.10. The summed E-state index contributed by atoms with van der Waals surface area (Å²) >= 11 is 14.2. The highest BCUT2D eigenvalue weighted by atomic mass is 79.9. The van der Waals surface area contributed by atoms with Crippen LogP contribution >= 0.6 is 39.7 Å². The van der Waals surface area contributed by atoms with Crippen molar-refractivity contribution in [3.63, 3.8) is 0 Å². The average Bonchev–Trinajstić information content (AvgIpc) is 2.34. The molecule has 2 rings (SSSR count). The summed E-state index contributed by atoms with van der Waals surface area (Å²) in [7, 11) is 0. The summed E-state index contributed by atoms with van der Waals surface area (Å²) in [6.45, 7) is 0. The van der Waals surface area contributed by atoms with Crippen LogP contribution in [0.5, 0.6) is 0 Å². The topological polar surface area (TPSA) is 63.8 Å². The zero-order chi connectivity index (χ0) is 13.1. The van der Waals surface area contributed by atoms with Gasteiger partial charge in [-0.1, -0.05) is 23.8 Å². The summed E-state index contributed by atoms with van der Waals surface area (Å²) in [5, 5.41) is 3.73. The molecule has 0 bridgehead atoms. The maximum atomic E-state index is 5.92. The molecule has 3 N–H and O–H groups in total. The zero-order valence-electron chi connectivity index (χ0n) is 9.02. The Bertz CT molecular complexity index is 605. The van der Waals surface area contributed by atoms with Crippen molar-refractivity contribution in [1.29, 1.82) is 0 Å². The average molecular weight is 344 g/mol. The predicted octanol–water partition coefficient (Wildman–Crippen LogP) is 3.27. The first-order chi connectivity index (χ1) is 8.58. The normalized spacial score (nSPS) is 10.1. The van der Waals surface area contributed by atoms with Gasteiger partial charge in [0.2, 0.25) is 0 Å². The van der Waals surface area contributed by atoms with E-state index in [1.165, 1.54) is 6.20 Å². The van der Waals surface area contributed by atoms with Crippen LogP contribution in [0.2, 0.25) is 5.02 Å². The molecule has 4 nitrogen and oxygen atoms in total. The maximum Gasteiger partial charge on any atom is 0.159 e. The fourth-order valence-corrected chi connectivity index (χ4v) is 1.97. The molecule has 7 heteroatoms. The standard InChI is InChI=1S/C11H8BrClN4S/c12-7-5-6(1-2-8(7)13)17-11-9(10(14)18)15-3-4-16-11/h1-5H,(H2,14,18)(H,16,17). The molecule has 1 heterocycles. The van der Waals surface area contributed by atoms with E-state index in [4.69, 9.17) is 29.6 Å². The largest absolute Gasteiger partial charge is 0.388 e. The van der Waals surface area contributed by atoms with Crippen molar-refractivity contribution in [3.8, 4) is 0 Å². The lowest BCUT2D eigenvalue weighted by atomic mass is 10.3. The number of hydrogen-bond acceptors (Lipinski definition) is 4. The SMILES string of the molecule is NC(=S)c1nccnc1Nc1ccc(Cl)c(Br)c1. The third-order valence-corrected chi connectivity index (χ3v) is 3.52. The maximum absolute atomic E-state index is 5.92. The van der Waals surface area contributed by atoms with Crippen LogP contribution in [-0.2, 0) is 0 Å². The number of hydrogen-bond donors (Lipinski definition) is 2. The number of nitrogens with zero attached hydrogens (tertiary/aromatic N) is 2. The van der Waals surface area contributed by atoms with Crippen molar-refractivity contribution >= 4 is 56.2 Å². The number of aromatic nitrogens is 2. The molecule has 0 saturated heterocycles. The molecule has 0 aliphatic carbocycles. The van der Waals surface area contributed by atoms with Gasteiger partial charge in [0.15, 0.2) is 5.82 Å². The highest BCUT2D eigenvalue weighted by Gasteiger charge is 2.08. The Balaban J connectivity index is 2.34. The Hall–Kier alpha value is -1.24. The minimum absolute atomic E-state index is 0.193. The Kier molecular flexibility index (Phi) is 4.11. The summed E-state index contributed by atoms with van der Waals surface area (Å²) in [5.74, 6) is 0.513. The molecule has 0 amide bonds. The molecule has 0 spiro atoms. The molecule has 1 aromatic carbocycles. The monoisotopic (exact) mass is 342 g/mol. The number of nitrogens with two attached hydrogens (primary N) is 1. The Morgan fingerprint density at radius 3 is 2.72 bits per heavy atom. The minimum atomic E-state index is 0.193. The van der Waals surface area contributed by atoms with Crippen LogP contribution in [-0.4, -0.2) is 15.0 Å². The van der Waals surface area contributed by atoms with Gasteiger partial charge in [-0.05, 0) is 34.1 Å². The first kappa shape index (κ1) is 13.2. The number of rotatable bonds is 3. The lowest BCUT2D eigenvalue weighted by Gasteiger charge is -2.09. The van der Waals surface area contributed by atoms with Crippen molar-refractivity contribution in [1.82, 2.24) is 9.97 Å². The van der Waals surface area contributed by atoms with Gasteiger partial charge in [-0.3, -0.25) is 0 Å².